The first-order valence-corrected chi connectivity index (χ1v) is 6.98. The standard InChI is InChI=1S/C14H26N2/c1-13(2,3)16-9-12(14(10-16)6-7-14)15-8-11-4-5-11/h11-12,15H,4-10H2,1-3H3. The van der Waals surface area contributed by atoms with Gasteiger partial charge in [-0.05, 0) is 64.3 Å². The maximum atomic E-state index is 3.86. The molecule has 3 fully saturated rings. The van der Waals surface area contributed by atoms with Crippen LogP contribution in [0.15, 0.2) is 0 Å². The Bertz CT molecular complexity index is 271. The highest BCUT2D eigenvalue weighted by atomic mass is 15.3. The smallest absolute Gasteiger partial charge is 0.0263 e. The molecule has 3 aliphatic rings. The van der Waals surface area contributed by atoms with Gasteiger partial charge in [-0.2, -0.15) is 0 Å². The molecule has 2 aliphatic carbocycles. The van der Waals surface area contributed by atoms with Crippen LogP contribution in [0.3, 0.4) is 0 Å². The predicted molar refractivity (Wildman–Crippen MR) is 67.5 cm³/mol. The van der Waals surface area contributed by atoms with Crippen molar-refractivity contribution in [2.75, 3.05) is 19.6 Å². The molecule has 0 aromatic rings. The largest absolute Gasteiger partial charge is 0.312 e. The SMILES string of the molecule is CC(C)(C)N1CC(NCC2CC2)C2(CC2)C1. The van der Waals surface area contributed by atoms with Gasteiger partial charge in [0.1, 0.15) is 0 Å². The Morgan fingerprint density at radius 3 is 2.44 bits per heavy atom. The number of rotatable bonds is 3. The van der Waals surface area contributed by atoms with Crippen LogP contribution in [0.2, 0.25) is 0 Å². The lowest BCUT2D eigenvalue weighted by Crippen LogP contribution is -2.42. The van der Waals surface area contributed by atoms with Gasteiger partial charge in [-0.1, -0.05) is 0 Å². The third-order valence-electron chi connectivity index (χ3n) is 4.84. The average molecular weight is 222 g/mol. The summed E-state index contributed by atoms with van der Waals surface area (Å²) in [4.78, 5) is 2.69. The van der Waals surface area contributed by atoms with Gasteiger partial charge in [0.15, 0.2) is 0 Å². The van der Waals surface area contributed by atoms with Crippen molar-refractivity contribution in [2.45, 2.75) is 58.0 Å². The fourth-order valence-corrected chi connectivity index (χ4v) is 3.06. The van der Waals surface area contributed by atoms with Crippen molar-refractivity contribution in [1.29, 1.82) is 0 Å². The summed E-state index contributed by atoms with van der Waals surface area (Å²) in [6, 6.07) is 0.785. The summed E-state index contributed by atoms with van der Waals surface area (Å²) < 4.78 is 0. The zero-order valence-corrected chi connectivity index (χ0v) is 11.1. The highest BCUT2D eigenvalue weighted by Gasteiger charge is 2.56. The van der Waals surface area contributed by atoms with E-state index in [-0.39, 0.29) is 0 Å². The highest BCUT2D eigenvalue weighted by Crippen LogP contribution is 2.54. The number of likely N-dealkylation sites (tertiary alicyclic amines) is 1. The molecule has 1 spiro atoms. The molecule has 0 aromatic carbocycles. The Kier molecular flexibility index (Phi) is 2.38. The van der Waals surface area contributed by atoms with E-state index in [4.69, 9.17) is 0 Å². The molecule has 2 saturated carbocycles. The molecule has 1 aliphatic heterocycles. The van der Waals surface area contributed by atoms with E-state index in [0.29, 0.717) is 11.0 Å². The van der Waals surface area contributed by atoms with E-state index in [1.807, 2.05) is 0 Å². The molecule has 2 nitrogen and oxygen atoms in total. The quantitative estimate of drug-likeness (QED) is 0.788. The Balaban J connectivity index is 1.60. The van der Waals surface area contributed by atoms with Gasteiger partial charge in [0.2, 0.25) is 0 Å². The minimum absolute atomic E-state index is 0.353. The lowest BCUT2D eigenvalue weighted by atomic mass is 10.0. The van der Waals surface area contributed by atoms with Crippen LogP contribution in [0.4, 0.5) is 0 Å². The second-order valence-electron chi connectivity index (χ2n) is 7.32. The predicted octanol–water partition coefficient (Wildman–Crippen LogP) is 2.25. The minimum Gasteiger partial charge on any atom is -0.312 e. The first-order valence-electron chi connectivity index (χ1n) is 6.98. The van der Waals surface area contributed by atoms with E-state index in [0.717, 1.165) is 12.0 Å². The van der Waals surface area contributed by atoms with E-state index in [9.17, 15) is 0 Å². The third-order valence-corrected chi connectivity index (χ3v) is 4.84. The van der Waals surface area contributed by atoms with Crippen LogP contribution in [0.5, 0.6) is 0 Å². The molecule has 0 amide bonds. The number of hydrogen-bond acceptors (Lipinski definition) is 2. The lowest BCUT2D eigenvalue weighted by Gasteiger charge is -2.31. The zero-order valence-electron chi connectivity index (χ0n) is 11.1. The summed E-state index contributed by atoms with van der Waals surface area (Å²) in [6.45, 7) is 10.9. The van der Waals surface area contributed by atoms with Crippen molar-refractivity contribution in [1.82, 2.24) is 10.2 Å². The molecular formula is C14H26N2. The van der Waals surface area contributed by atoms with E-state index < -0.39 is 0 Å². The number of nitrogens with zero attached hydrogens (tertiary/aromatic N) is 1. The molecule has 1 heterocycles. The van der Waals surface area contributed by atoms with Gasteiger partial charge >= 0.3 is 0 Å². The van der Waals surface area contributed by atoms with Crippen molar-refractivity contribution in [2.24, 2.45) is 11.3 Å². The Labute approximate surface area is 99.8 Å². The first-order chi connectivity index (χ1) is 7.50. The second kappa shape index (κ2) is 3.46. The zero-order chi connectivity index (χ0) is 11.4. The van der Waals surface area contributed by atoms with Crippen LogP contribution in [0.25, 0.3) is 0 Å². The Morgan fingerprint density at radius 2 is 1.94 bits per heavy atom. The Hall–Kier alpha value is -0.0800. The van der Waals surface area contributed by atoms with E-state index in [1.54, 1.807) is 0 Å². The normalized spacial score (nSPS) is 33.6. The Morgan fingerprint density at radius 1 is 1.25 bits per heavy atom. The maximum Gasteiger partial charge on any atom is 0.0263 e. The van der Waals surface area contributed by atoms with Crippen molar-refractivity contribution in [3.8, 4) is 0 Å². The number of nitrogens with one attached hydrogen (secondary N) is 1. The van der Waals surface area contributed by atoms with E-state index in [2.05, 4.69) is 31.0 Å². The summed E-state index contributed by atoms with van der Waals surface area (Å²) in [5.74, 6) is 1.01. The fourth-order valence-electron chi connectivity index (χ4n) is 3.06. The van der Waals surface area contributed by atoms with Crippen molar-refractivity contribution in [3.05, 3.63) is 0 Å². The van der Waals surface area contributed by atoms with Gasteiger partial charge in [0.05, 0.1) is 0 Å². The summed E-state index contributed by atoms with van der Waals surface area (Å²) in [6.07, 6.45) is 5.86. The monoisotopic (exact) mass is 222 g/mol. The molecule has 3 rings (SSSR count). The van der Waals surface area contributed by atoms with Crippen LogP contribution < -0.4 is 5.32 Å². The van der Waals surface area contributed by atoms with Gasteiger partial charge in [0, 0.05) is 24.7 Å². The third kappa shape index (κ3) is 2.02. The molecule has 2 heteroatoms. The van der Waals surface area contributed by atoms with Gasteiger partial charge in [-0.3, -0.25) is 4.90 Å². The van der Waals surface area contributed by atoms with Gasteiger partial charge < -0.3 is 5.32 Å². The maximum absolute atomic E-state index is 3.86. The topological polar surface area (TPSA) is 15.3 Å². The number of hydrogen-bond donors (Lipinski definition) is 1. The molecule has 1 saturated heterocycles. The lowest BCUT2D eigenvalue weighted by molar-refractivity contribution is 0.164. The molecule has 1 unspecified atom stereocenters. The summed E-state index contributed by atoms with van der Waals surface area (Å²) in [5, 5.41) is 3.86. The van der Waals surface area contributed by atoms with Crippen LogP contribution in [-0.2, 0) is 0 Å². The van der Waals surface area contributed by atoms with Gasteiger partial charge in [-0.25, -0.2) is 0 Å². The van der Waals surface area contributed by atoms with Crippen molar-refractivity contribution in [3.63, 3.8) is 0 Å². The minimum atomic E-state index is 0.353. The van der Waals surface area contributed by atoms with E-state index >= 15 is 0 Å². The van der Waals surface area contributed by atoms with Crippen LogP contribution >= 0.6 is 0 Å². The summed E-state index contributed by atoms with van der Waals surface area (Å²) >= 11 is 0. The molecule has 16 heavy (non-hydrogen) atoms. The van der Waals surface area contributed by atoms with Crippen LogP contribution in [0.1, 0.15) is 46.5 Å². The van der Waals surface area contributed by atoms with Crippen molar-refractivity contribution < 1.29 is 0 Å². The highest BCUT2D eigenvalue weighted by molar-refractivity contribution is 5.11. The summed E-state index contributed by atoms with van der Waals surface area (Å²) in [5.41, 5.74) is 1.02. The van der Waals surface area contributed by atoms with Crippen LogP contribution in [0, 0.1) is 11.3 Å². The first kappa shape index (κ1) is 11.0. The summed E-state index contributed by atoms with van der Waals surface area (Å²) in [7, 11) is 0. The molecule has 92 valence electrons. The van der Waals surface area contributed by atoms with Crippen LogP contribution in [-0.4, -0.2) is 36.1 Å². The van der Waals surface area contributed by atoms with Crippen molar-refractivity contribution >= 4 is 0 Å². The second-order valence-corrected chi connectivity index (χ2v) is 7.32. The molecule has 1 N–H and O–H groups in total. The van der Waals surface area contributed by atoms with E-state index in [1.165, 1.54) is 45.3 Å². The molecule has 0 radical (unpaired) electrons. The molecule has 0 bridgehead atoms. The molecule has 0 aromatic heterocycles. The average Bonchev–Trinajstić information content (AvgIpc) is 3.02. The molecular weight excluding hydrogens is 196 g/mol. The molecule has 1 atom stereocenters. The van der Waals surface area contributed by atoms with Gasteiger partial charge in [-0.15, -0.1) is 0 Å². The fraction of sp³-hybridized carbons (Fsp3) is 1.00. The van der Waals surface area contributed by atoms with Gasteiger partial charge in [0.25, 0.3) is 0 Å².